The Hall–Kier alpha value is -1.26. The van der Waals surface area contributed by atoms with Gasteiger partial charge in [0, 0.05) is 27.3 Å². The Kier molecular flexibility index (Phi) is 1.91. The van der Waals surface area contributed by atoms with Crippen LogP contribution in [0.2, 0.25) is 0 Å². The van der Waals surface area contributed by atoms with E-state index in [2.05, 4.69) is 0 Å². The number of hydrogen-bond donors (Lipinski definition) is 1. The number of nitrogens with zero attached hydrogens (tertiary/aromatic N) is 1. The maximum atomic E-state index is 10.9. The third-order valence-electron chi connectivity index (χ3n) is 4.07. The van der Waals surface area contributed by atoms with Crippen LogP contribution in [0.3, 0.4) is 0 Å². The van der Waals surface area contributed by atoms with Crippen molar-refractivity contribution in [1.82, 2.24) is 4.90 Å². The summed E-state index contributed by atoms with van der Waals surface area (Å²) >= 11 is 0. The topological polar surface area (TPSA) is 41.9 Å². The van der Waals surface area contributed by atoms with Crippen molar-refractivity contribution in [3.63, 3.8) is 0 Å². The number of piperidine rings is 1. The van der Waals surface area contributed by atoms with Gasteiger partial charge >= 0.3 is 0 Å². The molecule has 0 aliphatic carbocycles. The number of ether oxygens (including phenoxy) is 2. The van der Waals surface area contributed by atoms with E-state index in [4.69, 9.17) is 28.7 Å². The SMILES string of the molecule is [2H]c1c(OC([2H])([2H])[2H])c(OC([2H])([2H])[2H])c([2H])c2c1C1CC(O)C(CC(C)C)C([2H])([2H])N1C([2H])([2H])C2([2H])[2H]. The van der Waals surface area contributed by atoms with E-state index in [1.54, 1.807) is 13.8 Å². The van der Waals surface area contributed by atoms with Crippen molar-refractivity contribution in [2.75, 3.05) is 27.1 Å². The minimum atomic E-state index is -3.27. The molecule has 0 amide bonds. The van der Waals surface area contributed by atoms with Crippen LogP contribution in [-0.4, -0.2) is 43.2 Å². The molecule has 0 radical (unpaired) electrons. The van der Waals surface area contributed by atoms with E-state index in [1.165, 1.54) is 0 Å². The molecule has 0 bridgehead atoms. The van der Waals surface area contributed by atoms with Crippen molar-refractivity contribution < 1.29 is 33.8 Å². The van der Waals surface area contributed by atoms with Gasteiger partial charge < -0.3 is 14.6 Å². The summed E-state index contributed by atoms with van der Waals surface area (Å²) in [5, 5.41) is 10.9. The zero-order valence-electron chi connectivity index (χ0n) is 26.9. The number of aliphatic hydroxyl groups excluding tert-OH is 1. The summed E-state index contributed by atoms with van der Waals surface area (Å²) < 4.78 is 124. The van der Waals surface area contributed by atoms with Crippen LogP contribution >= 0.6 is 0 Å². The van der Waals surface area contributed by atoms with Crippen molar-refractivity contribution >= 4 is 0 Å². The summed E-state index contributed by atoms with van der Waals surface area (Å²) in [6, 6.07) is -3.46. The quantitative estimate of drug-likeness (QED) is 0.920. The van der Waals surface area contributed by atoms with E-state index in [-0.39, 0.29) is 18.8 Å². The Labute approximate surface area is 159 Å². The molecule has 1 saturated heterocycles. The lowest BCUT2D eigenvalue weighted by molar-refractivity contribution is -0.0191. The Morgan fingerprint density at radius 2 is 2.13 bits per heavy atom. The average Bonchev–Trinajstić information content (AvgIpc) is 2.66. The molecule has 0 spiro atoms. The summed E-state index contributed by atoms with van der Waals surface area (Å²) in [4.78, 5) is 0.600. The molecule has 3 atom stereocenters. The van der Waals surface area contributed by atoms with Crippen LogP contribution in [0, 0.1) is 11.8 Å². The van der Waals surface area contributed by atoms with Gasteiger partial charge in [0.2, 0.25) is 0 Å². The Morgan fingerprint density at radius 3 is 2.83 bits per heavy atom. The minimum absolute atomic E-state index is 0.101. The van der Waals surface area contributed by atoms with Crippen LogP contribution in [0.15, 0.2) is 12.1 Å². The molecule has 2 aliphatic rings. The van der Waals surface area contributed by atoms with E-state index in [1.807, 2.05) is 0 Å². The zero-order valence-corrected chi connectivity index (χ0v) is 12.9. The molecule has 2 heterocycles. The fourth-order valence-electron chi connectivity index (χ4n) is 3.02. The van der Waals surface area contributed by atoms with E-state index in [0.29, 0.717) is 4.90 Å². The van der Waals surface area contributed by atoms with Crippen molar-refractivity contribution in [2.45, 2.75) is 45.2 Å². The molecule has 1 aromatic carbocycles. The lowest BCUT2D eigenvalue weighted by Crippen LogP contribution is -2.48. The first kappa shape index (κ1) is 6.57. The van der Waals surface area contributed by atoms with Gasteiger partial charge in [0.05, 0.1) is 31.1 Å². The van der Waals surface area contributed by atoms with Crippen molar-refractivity contribution in [3.05, 3.63) is 23.2 Å². The van der Waals surface area contributed by atoms with E-state index < -0.39 is 86.2 Å². The largest absolute Gasteiger partial charge is 0.493 e. The first-order valence-electron chi connectivity index (χ1n) is 14.5. The molecule has 1 aromatic rings. The molecular weight excluding hydrogens is 290 g/mol. The third kappa shape index (κ3) is 3.20. The number of aliphatic hydroxyl groups is 1. The molecule has 23 heavy (non-hydrogen) atoms. The fraction of sp³-hybridized carbons (Fsp3) is 0.684. The smallest absolute Gasteiger partial charge is 0.161 e. The third-order valence-corrected chi connectivity index (χ3v) is 4.07. The van der Waals surface area contributed by atoms with Crippen molar-refractivity contribution in [1.29, 1.82) is 0 Å². The summed E-state index contributed by atoms with van der Waals surface area (Å²) in [6.45, 7) is -2.20. The second kappa shape index (κ2) is 6.70. The Morgan fingerprint density at radius 1 is 1.39 bits per heavy atom. The second-order valence-electron chi connectivity index (χ2n) is 6.19. The fourth-order valence-corrected chi connectivity index (χ4v) is 3.02. The van der Waals surface area contributed by atoms with Crippen molar-refractivity contribution in [3.8, 4) is 11.5 Å². The van der Waals surface area contributed by atoms with E-state index in [0.717, 1.165) is 0 Å². The number of methoxy groups -OCH3 is 2. The number of hydrogen-bond acceptors (Lipinski definition) is 4. The summed E-state index contributed by atoms with van der Waals surface area (Å²) in [6.07, 6.45) is -4.78. The number of rotatable bonds is 4. The molecule has 0 aromatic heterocycles. The molecule has 0 saturated carbocycles. The number of benzene rings is 1. The highest BCUT2D eigenvalue weighted by molar-refractivity contribution is 5.49. The van der Waals surface area contributed by atoms with Crippen LogP contribution in [-0.2, 0) is 6.37 Å². The second-order valence-corrected chi connectivity index (χ2v) is 6.19. The average molecular weight is 334 g/mol. The molecule has 2 aliphatic heterocycles. The van der Waals surface area contributed by atoms with Gasteiger partial charge in [-0.2, -0.15) is 0 Å². The van der Waals surface area contributed by atoms with Gasteiger partial charge in [-0.15, -0.1) is 0 Å². The van der Waals surface area contributed by atoms with Gasteiger partial charge in [0.15, 0.2) is 11.5 Å². The molecule has 128 valence electrons. The van der Waals surface area contributed by atoms with Gasteiger partial charge in [-0.3, -0.25) is 4.90 Å². The molecule has 4 heteroatoms. The molecule has 4 nitrogen and oxygen atoms in total. The minimum Gasteiger partial charge on any atom is -0.493 e. The predicted molar refractivity (Wildman–Crippen MR) is 91.1 cm³/mol. The Bertz CT molecular complexity index is 1050. The van der Waals surface area contributed by atoms with Gasteiger partial charge in [0.1, 0.15) is 0 Å². The van der Waals surface area contributed by atoms with Crippen LogP contribution in [0.4, 0.5) is 0 Å². The highest BCUT2D eigenvalue weighted by Crippen LogP contribution is 2.43. The van der Waals surface area contributed by atoms with Crippen LogP contribution in [0.25, 0.3) is 0 Å². The van der Waals surface area contributed by atoms with Crippen LogP contribution < -0.4 is 9.47 Å². The molecule has 3 unspecified atom stereocenters. The molecule has 3 rings (SSSR count). The lowest BCUT2D eigenvalue weighted by atomic mass is 9.79. The van der Waals surface area contributed by atoms with E-state index in [9.17, 15) is 5.11 Å². The summed E-state index contributed by atoms with van der Waals surface area (Å²) in [5.41, 5.74) is -1.28. The maximum absolute atomic E-state index is 10.9. The lowest BCUT2D eigenvalue weighted by Gasteiger charge is -2.46. The molecule has 1 fully saturated rings. The monoisotopic (exact) mass is 333 g/mol. The van der Waals surface area contributed by atoms with Gasteiger partial charge in [-0.25, -0.2) is 0 Å². The van der Waals surface area contributed by atoms with Crippen molar-refractivity contribution in [2.24, 2.45) is 11.8 Å². The van der Waals surface area contributed by atoms with E-state index >= 15 is 0 Å². The van der Waals surface area contributed by atoms with Crippen LogP contribution in [0.1, 0.15) is 63.0 Å². The Balaban J connectivity index is 2.41. The summed E-state index contributed by atoms with van der Waals surface area (Å²) in [7, 11) is -6.51. The highest BCUT2D eigenvalue weighted by atomic mass is 16.5. The van der Waals surface area contributed by atoms with Gasteiger partial charge in [-0.05, 0) is 54.3 Å². The maximum Gasteiger partial charge on any atom is 0.161 e. The summed E-state index contributed by atoms with van der Waals surface area (Å²) in [5.74, 6) is -3.31. The molecule has 1 N–H and O–H groups in total. The standard InChI is InChI=1S/C19H29NO3/c1-12(2)7-14-11-20-6-5-13-8-18(22-3)19(23-4)9-15(13)16(20)10-17(14)21/h8-9,12,14,16-17,21H,5-7,10-11H2,1-4H3/i3D3,4D3,5D2,6D2,8D,9D,11D2. The van der Waals surface area contributed by atoms with Gasteiger partial charge in [-0.1, -0.05) is 13.8 Å². The van der Waals surface area contributed by atoms with Gasteiger partial charge in [0.25, 0.3) is 0 Å². The van der Waals surface area contributed by atoms with Crippen LogP contribution in [0.5, 0.6) is 11.5 Å². The predicted octanol–water partition coefficient (Wildman–Crippen LogP) is 3.03. The normalized spacial score (nSPS) is 44.1. The highest BCUT2D eigenvalue weighted by Gasteiger charge is 2.38. The number of fused-ring (bicyclic) bond motifs is 3. The first-order valence-corrected chi connectivity index (χ1v) is 7.48. The molecular formula is C19H29NO3. The first-order chi connectivity index (χ1) is 16.4. The zero-order chi connectivity index (χ0) is 28.7.